The summed E-state index contributed by atoms with van der Waals surface area (Å²) in [5.41, 5.74) is 0.891. The zero-order valence-corrected chi connectivity index (χ0v) is 12.0. The van der Waals surface area contributed by atoms with Crippen molar-refractivity contribution in [2.24, 2.45) is 10.9 Å². The minimum Gasteiger partial charge on any atom is -0.465 e. The van der Waals surface area contributed by atoms with Gasteiger partial charge in [-0.3, -0.25) is 5.32 Å². The summed E-state index contributed by atoms with van der Waals surface area (Å²) in [4.78, 5) is 18.6. The van der Waals surface area contributed by atoms with E-state index in [0.29, 0.717) is 17.8 Å². The first kappa shape index (κ1) is 15.5. The predicted molar refractivity (Wildman–Crippen MR) is 78.8 cm³/mol. The van der Waals surface area contributed by atoms with Gasteiger partial charge in [-0.25, -0.2) is 14.8 Å². The predicted octanol–water partition coefficient (Wildman–Crippen LogP) is -0.607. The highest BCUT2D eigenvalue weighted by Gasteiger charge is 2.39. The quantitative estimate of drug-likeness (QED) is 0.397. The number of imidazole rings is 1. The van der Waals surface area contributed by atoms with Crippen molar-refractivity contribution in [1.29, 1.82) is 0 Å². The van der Waals surface area contributed by atoms with Crippen LogP contribution in [0.15, 0.2) is 23.5 Å². The maximum Gasteiger partial charge on any atom is 0.411 e. The number of aromatic nitrogens is 2. The summed E-state index contributed by atoms with van der Waals surface area (Å²) in [6, 6.07) is -0.331. The molecule has 1 saturated carbocycles. The fourth-order valence-corrected chi connectivity index (χ4v) is 2.99. The molecule has 0 aromatic carbocycles. The first-order chi connectivity index (χ1) is 10.9. The lowest BCUT2D eigenvalue weighted by molar-refractivity contribution is 0.101. The minimum atomic E-state index is -1.32. The van der Waals surface area contributed by atoms with Crippen molar-refractivity contribution in [3.63, 3.8) is 0 Å². The van der Waals surface area contributed by atoms with Crippen molar-refractivity contribution >= 4 is 17.9 Å². The fourth-order valence-electron chi connectivity index (χ4n) is 2.99. The highest BCUT2D eigenvalue weighted by atomic mass is 16.4. The Kier molecular flexibility index (Phi) is 3.80. The summed E-state index contributed by atoms with van der Waals surface area (Å²) in [5, 5.41) is 42.9. The molecule has 1 aromatic rings. The van der Waals surface area contributed by atoms with E-state index in [1.54, 1.807) is 4.57 Å². The molecule has 1 aromatic heterocycles. The number of guanidine groups is 1. The van der Waals surface area contributed by atoms with Crippen molar-refractivity contribution < 1.29 is 25.2 Å². The van der Waals surface area contributed by atoms with E-state index in [9.17, 15) is 20.1 Å². The van der Waals surface area contributed by atoms with Crippen molar-refractivity contribution in [1.82, 2.24) is 14.9 Å². The van der Waals surface area contributed by atoms with Gasteiger partial charge in [-0.2, -0.15) is 0 Å². The lowest BCUT2D eigenvalue weighted by Gasteiger charge is -2.23. The molecule has 1 unspecified atom stereocenters. The van der Waals surface area contributed by atoms with E-state index < -0.39 is 24.3 Å². The molecule has 1 amide bonds. The van der Waals surface area contributed by atoms with Gasteiger partial charge in [-0.15, -0.1) is 0 Å². The summed E-state index contributed by atoms with van der Waals surface area (Å²) >= 11 is 0. The molecule has 124 valence electrons. The molecule has 10 heteroatoms. The first-order valence-corrected chi connectivity index (χ1v) is 6.99. The van der Waals surface area contributed by atoms with Gasteiger partial charge in [0, 0.05) is 5.92 Å². The highest BCUT2D eigenvalue weighted by molar-refractivity contribution is 6.02. The molecule has 6 N–H and O–H groups in total. The molecular formula is C13H17N5O5. The number of amides is 1. The molecule has 1 aliphatic heterocycles. The number of hydrogen-bond donors (Lipinski definition) is 6. The molecule has 4 atom stereocenters. The molecule has 0 saturated heterocycles. The van der Waals surface area contributed by atoms with E-state index in [4.69, 9.17) is 5.11 Å². The number of nitrogens with one attached hydrogen (secondary N) is 2. The van der Waals surface area contributed by atoms with Crippen LogP contribution in [0.2, 0.25) is 0 Å². The van der Waals surface area contributed by atoms with E-state index in [2.05, 4.69) is 21.9 Å². The lowest BCUT2D eigenvalue weighted by atomic mass is 10.0. The van der Waals surface area contributed by atoms with Gasteiger partial charge in [0.15, 0.2) is 6.23 Å². The average molecular weight is 323 g/mol. The summed E-state index contributed by atoms with van der Waals surface area (Å²) < 4.78 is 1.65. The van der Waals surface area contributed by atoms with Crippen LogP contribution in [0.5, 0.6) is 0 Å². The lowest BCUT2D eigenvalue weighted by Crippen LogP contribution is -2.38. The monoisotopic (exact) mass is 323 g/mol. The van der Waals surface area contributed by atoms with E-state index in [1.807, 2.05) is 5.32 Å². The van der Waals surface area contributed by atoms with Crippen LogP contribution in [0.25, 0.3) is 0 Å². The maximum absolute atomic E-state index is 10.7. The van der Waals surface area contributed by atoms with Crippen molar-refractivity contribution in [3.05, 3.63) is 24.2 Å². The summed E-state index contributed by atoms with van der Waals surface area (Å²) in [6.45, 7) is 3.72. The molecule has 2 heterocycles. The van der Waals surface area contributed by atoms with Crippen LogP contribution in [-0.2, 0) is 0 Å². The van der Waals surface area contributed by atoms with E-state index >= 15 is 0 Å². The molecule has 0 bridgehead atoms. The largest absolute Gasteiger partial charge is 0.465 e. The molecule has 2 aliphatic rings. The zero-order valence-electron chi connectivity index (χ0n) is 12.0. The second-order valence-corrected chi connectivity index (χ2v) is 5.48. The second kappa shape index (κ2) is 5.65. The molecule has 0 radical (unpaired) electrons. The third-order valence-electron chi connectivity index (χ3n) is 4.15. The van der Waals surface area contributed by atoms with Crippen molar-refractivity contribution in [2.45, 2.75) is 24.8 Å². The maximum atomic E-state index is 10.7. The van der Waals surface area contributed by atoms with Crippen LogP contribution < -0.4 is 10.6 Å². The molecule has 0 spiro atoms. The molecule has 23 heavy (non-hydrogen) atoms. The number of nitrogens with zero attached hydrogens (tertiary/aromatic N) is 3. The smallest absolute Gasteiger partial charge is 0.411 e. The summed E-state index contributed by atoms with van der Waals surface area (Å²) in [5.74, 6) is -0.188. The standard InChI is InChI=1S/C13H17N5O5/c1-5-6(3-19)8(20)2-7(5)18-4-14-9-10(18)15-12(16-11(9)21)17-13(22)23/h4,6-8,11,19-21H,1-3H2,(H,22,23)(H2,15,16,17)/t6-,7-,8-,11?/m0/s1. The van der Waals surface area contributed by atoms with Gasteiger partial charge in [0.25, 0.3) is 0 Å². The summed E-state index contributed by atoms with van der Waals surface area (Å²) in [6.07, 6.45) is -1.55. The number of fused-ring (bicyclic) bond motifs is 1. The zero-order chi connectivity index (χ0) is 16.7. The number of anilines is 1. The van der Waals surface area contributed by atoms with Gasteiger partial charge >= 0.3 is 6.09 Å². The Labute approximate surface area is 130 Å². The van der Waals surface area contributed by atoms with Gasteiger partial charge in [0.1, 0.15) is 11.5 Å². The van der Waals surface area contributed by atoms with Crippen LogP contribution >= 0.6 is 0 Å². The van der Waals surface area contributed by atoms with Gasteiger partial charge in [0.05, 0.1) is 25.1 Å². The van der Waals surface area contributed by atoms with Crippen LogP contribution in [-0.4, -0.2) is 54.7 Å². The van der Waals surface area contributed by atoms with Gasteiger partial charge in [-0.1, -0.05) is 6.58 Å². The second-order valence-electron chi connectivity index (χ2n) is 5.48. The Morgan fingerprint density at radius 2 is 2.26 bits per heavy atom. The number of carboxylic acid groups (broad SMARTS) is 1. The molecule has 1 aliphatic carbocycles. The Morgan fingerprint density at radius 1 is 1.52 bits per heavy atom. The number of aliphatic imine (C=N–C) groups is 1. The van der Waals surface area contributed by atoms with Crippen LogP contribution in [0.4, 0.5) is 10.6 Å². The average Bonchev–Trinajstić information content (AvgIpc) is 2.99. The number of carbonyl (C=O) groups is 1. The first-order valence-electron chi connectivity index (χ1n) is 6.99. The Hall–Kier alpha value is -2.43. The van der Waals surface area contributed by atoms with Gasteiger partial charge in [-0.05, 0) is 12.0 Å². The van der Waals surface area contributed by atoms with Crippen molar-refractivity contribution in [2.75, 3.05) is 11.9 Å². The minimum absolute atomic E-state index is 0.123. The van der Waals surface area contributed by atoms with Crippen LogP contribution in [0.3, 0.4) is 0 Å². The molecule has 3 rings (SSSR count). The number of aliphatic hydroxyl groups is 3. The third-order valence-corrected chi connectivity index (χ3v) is 4.15. The normalized spacial score (nSPS) is 29.7. The third kappa shape index (κ3) is 2.56. The van der Waals surface area contributed by atoms with Crippen LogP contribution in [0.1, 0.15) is 24.4 Å². The molecule has 10 nitrogen and oxygen atoms in total. The highest BCUT2D eigenvalue weighted by Crippen LogP contribution is 2.42. The molecule has 1 fully saturated rings. The number of aliphatic hydroxyl groups excluding tert-OH is 3. The van der Waals surface area contributed by atoms with E-state index in [0.717, 1.165) is 0 Å². The van der Waals surface area contributed by atoms with E-state index in [-0.39, 0.29) is 24.3 Å². The molecular weight excluding hydrogens is 306 g/mol. The topological polar surface area (TPSA) is 152 Å². The van der Waals surface area contributed by atoms with Crippen molar-refractivity contribution in [3.8, 4) is 0 Å². The van der Waals surface area contributed by atoms with Crippen LogP contribution in [0, 0.1) is 5.92 Å². The van der Waals surface area contributed by atoms with Gasteiger partial charge in [0.2, 0.25) is 5.96 Å². The fraction of sp³-hybridized carbons (Fsp3) is 0.462. The Balaban J connectivity index is 1.91. The Bertz CT molecular complexity index is 684. The number of hydrogen-bond acceptors (Lipinski definition) is 7. The summed E-state index contributed by atoms with van der Waals surface area (Å²) in [7, 11) is 0. The van der Waals surface area contributed by atoms with Gasteiger partial charge < -0.3 is 30.3 Å². The SMILES string of the molecule is C=C1[C@H](CO)[C@@H](O)C[C@@H]1n1cnc2c1NC(NC(=O)O)=NC2O. The number of rotatable bonds is 2. The Morgan fingerprint density at radius 3 is 2.87 bits per heavy atom. The van der Waals surface area contributed by atoms with E-state index in [1.165, 1.54) is 6.33 Å².